The Kier molecular flexibility index (Phi) is 3.77. The van der Waals surface area contributed by atoms with Gasteiger partial charge in [0.05, 0.1) is 13.0 Å². The van der Waals surface area contributed by atoms with Crippen LogP contribution in [0.2, 0.25) is 0 Å². The van der Waals surface area contributed by atoms with Crippen LogP contribution in [0, 0.1) is 11.3 Å². The molecular formula is C20H18N4O2. The van der Waals surface area contributed by atoms with Crippen molar-refractivity contribution < 1.29 is 9.47 Å². The summed E-state index contributed by atoms with van der Waals surface area (Å²) in [6.07, 6.45) is 0.745. The number of nitrogens with two attached hydrogens (primary N) is 1. The summed E-state index contributed by atoms with van der Waals surface area (Å²) in [7, 11) is 1.65. The first-order chi connectivity index (χ1) is 12.7. The highest BCUT2D eigenvalue weighted by atomic mass is 16.5. The SMILES string of the molecule is CCc1[nH]nc2c1[C@H](c1ccc(OC)c3ccccc13)C(C#N)=C(N)O2. The zero-order chi connectivity index (χ0) is 18.3. The first-order valence-corrected chi connectivity index (χ1v) is 8.39. The monoisotopic (exact) mass is 346 g/mol. The normalized spacial score (nSPS) is 16.1. The number of aryl methyl sites for hydroxylation is 1. The van der Waals surface area contributed by atoms with E-state index in [0.717, 1.165) is 39.8 Å². The standard InChI is InChI=1S/C20H18N4O2/c1-3-15-18-17(14(10-21)19(22)26-20(18)24-23-15)13-8-9-16(25-2)12-7-5-4-6-11(12)13/h4-9,17H,3,22H2,1-2H3,(H,23,24)/t17-/m1/s1. The van der Waals surface area contributed by atoms with E-state index in [1.807, 2.05) is 43.3 Å². The van der Waals surface area contributed by atoms with E-state index < -0.39 is 0 Å². The summed E-state index contributed by atoms with van der Waals surface area (Å²) in [5, 5.41) is 19.0. The summed E-state index contributed by atoms with van der Waals surface area (Å²) >= 11 is 0. The predicted molar refractivity (Wildman–Crippen MR) is 97.8 cm³/mol. The number of H-pyrrole nitrogens is 1. The molecule has 0 unspecified atom stereocenters. The van der Waals surface area contributed by atoms with Crippen LogP contribution >= 0.6 is 0 Å². The summed E-state index contributed by atoms with van der Waals surface area (Å²) in [5.41, 5.74) is 9.21. The van der Waals surface area contributed by atoms with Gasteiger partial charge in [-0.1, -0.05) is 37.3 Å². The smallest absolute Gasteiger partial charge is 0.244 e. The molecule has 130 valence electrons. The number of methoxy groups -OCH3 is 1. The van der Waals surface area contributed by atoms with E-state index in [0.29, 0.717) is 11.5 Å². The number of hydrogen-bond donors (Lipinski definition) is 2. The van der Waals surface area contributed by atoms with Crippen LogP contribution in [0.1, 0.15) is 29.7 Å². The van der Waals surface area contributed by atoms with Crippen molar-refractivity contribution in [3.63, 3.8) is 0 Å². The number of aromatic amines is 1. The average Bonchev–Trinajstić information content (AvgIpc) is 3.08. The van der Waals surface area contributed by atoms with Crippen molar-refractivity contribution in [3.8, 4) is 17.7 Å². The van der Waals surface area contributed by atoms with Crippen LogP contribution in [-0.2, 0) is 6.42 Å². The molecule has 1 aromatic heterocycles. The summed E-state index contributed by atoms with van der Waals surface area (Å²) < 4.78 is 11.1. The average molecular weight is 346 g/mol. The maximum Gasteiger partial charge on any atom is 0.244 e. The van der Waals surface area contributed by atoms with Crippen molar-refractivity contribution in [2.24, 2.45) is 5.73 Å². The number of aromatic nitrogens is 2. The fourth-order valence-electron chi connectivity index (χ4n) is 3.61. The lowest BCUT2D eigenvalue weighted by Crippen LogP contribution is -2.21. The number of ether oxygens (including phenoxy) is 2. The molecule has 0 aliphatic carbocycles. The van der Waals surface area contributed by atoms with Gasteiger partial charge in [0.15, 0.2) is 0 Å². The Morgan fingerprint density at radius 1 is 1.27 bits per heavy atom. The zero-order valence-electron chi connectivity index (χ0n) is 14.5. The number of rotatable bonds is 3. The number of nitrogens with zero attached hydrogens (tertiary/aromatic N) is 2. The second-order valence-electron chi connectivity index (χ2n) is 6.10. The molecule has 0 saturated heterocycles. The van der Waals surface area contributed by atoms with Crippen molar-refractivity contribution in [1.29, 1.82) is 5.26 Å². The van der Waals surface area contributed by atoms with E-state index in [4.69, 9.17) is 15.2 Å². The molecule has 3 aromatic rings. The van der Waals surface area contributed by atoms with Crippen molar-refractivity contribution in [1.82, 2.24) is 10.2 Å². The molecule has 1 aliphatic heterocycles. The lowest BCUT2D eigenvalue weighted by atomic mass is 9.81. The second kappa shape index (κ2) is 6.12. The molecule has 2 aromatic carbocycles. The molecule has 3 N–H and O–H groups in total. The van der Waals surface area contributed by atoms with E-state index >= 15 is 0 Å². The molecule has 1 aliphatic rings. The number of benzene rings is 2. The van der Waals surface area contributed by atoms with Crippen molar-refractivity contribution in [3.05, 3.63) is 64.7 Å². The Balaban J connectivity index is 2.05. The summed E-state index contributed by atoms with van der Waals surface area (Å²) in [5.74, 6) is 0.977. The number of nitrogens with one attached hydrogen (secondary N) is 1. The molecule has 0 radical (unpaired) electrons. The highest BCUT2D eigenvalue weighted by Crippen LogP contribution is 2.45. The Morgan fingerprint density at radius 3 is 2.73 bits per heavy atom. The lowest BCUT2D eigenvalue weighted by molar-refractivity contribution is 0.379. The van der Waals surface area contributed by atoms with Crippen LogP contribution in [0.25, 0.3) is 10.8 Å². The Morgan fingerprint density at radius 2 is 2.04 bits per heavy atom. The van der Waals surface area contributed by atoms with E-state index in [-0.39, 0.29) is 11.8 Å². The Hall–Kier alpha value is -3.46. The van der Waals surface area contributed by atoms with Gasteiger partial charge < -0.3 is 15.2 Å². The minimum atomic E-state index is -0.340. The van der Waals surface area contributed by atoms with Gasteiger partial charge >= 0.3 is 0 Å². The van der Waals surface area contributed by atoms with E-state index in [2.05, 4.69) is 16.3 Å². The maximum absolute atomic E-state index is 9.77. The number of allylic oxidation sites excluding steroid dienone is 1. The minimum Gasteiger partial charge on any atom is -0.496 e. The molecule has 0 saturated carbocycles. The molecule has 6 nitrogen and oxygen atoms in total. The van der Waals surface area contributed by atoms with E-state index in [1.54, 1.807) is 7.11 Å². The molecule has 0 fully saturated rings. The molecule has 2 heterocycles. The summed E-state index contributed by atoms with van der Waals surface area (Å²) in [6.45, 7) is 2.03. The Labute approximate surface area is 150 Å². The molecule has 6 heteroatoms. The Bertz CT molecular complexity index is 1080. The number of fused-ring (bicyclic) bond motifs is 2. The van der Waals surface area contributed by atoms with Crippen LogP contribution in [0.5, 0.6) is 11.6 Å². The third kappa shape index (κ3) is 2.21. The summed E-state index contributed by atoms with van der Waals surface area (Å²) in [4.78, 5) is 0. The van der Waals surface area contributed by atoms with Crippen molar-refractivity contribution in [2.45, 2.75) is 19.3 Å². The largest absolute Gasteiger partial charge is 0.496 e. The highest BCUT2D eigenvalue weighted by molar-refractivity contribution is 5.92. The maximum atomic E-state index is 9.77. The lowest BCUT2D eigenvalue weighted by Gasteiger charge is -2.25. The summed E-state index contributed by atoms with van der Waals surface area (Å²) in [6, 6.07) is 14.1. The third-order valence-corrected chi connectivity index (χ3v) is 4.82. The van der Waals surface area contributed by atoms with Gasteiger partial charge in [-0.25, -0.2) is 0 Å². The molecule has 0 spiro atoms. The van der Waals surface area contributed by atoms with Crippen LogP contribution in [0.4, 0.5) is 0 Å². The van der Waals surface area contributed by atoms with Gasteiger partial charge in [0, 0.05) is 16.6 Å². The van der Waals surface area contributed by atoms with Crippen LogP contribution in [0.15, 0.2) is 47.9 Å². The predicted octanol–water partition coefficient (Wildman–Crippen LogP) is 3.35. The number of nitriles is 1. The topological polar surface area (TPSA) is 97.0 Å². The zero-order valence-corrected chi connectivity index (χ0v) is 14.5. The fraction of sp³-hybridized carbons (Fsp3) is 0.200. The first-order valence-electron chi connectivity index (χ1n) is 8.39. The number of hydrogen-bond acceptors (Lipinski definition) is 5. The van der Waals surface area contributed by atoms with Crippen LogP contribution < -0.4 is 15.2 Å². The third-order valence-electron chi connectivity index (χ3n) is 4.82. The first kappa shape index (κ1) is 16.0. The van der Waals surface area contributed by atoms with Gasteiger partial charge in [0.2, 0.25) is 11.8 Å². The van der Waals surface area contributed by atoms with Gasteiger partial charge in [-0.3, -0.25) is 5.10 Å². The highest BCUT2D eigenvalue weighted by Gasteiger charge is 2.35. The van der Waals surface area contributed by atoms with Gasteiger partial charge in [-0.15, -0.1) is 5.10 Å². The quantitative estimate of drug-likeness (QED) is 0.758. The van der Waals surface area contributed by atoms with Crippen LogP contribution in [-0.4, -0.2) is 17.3 Å². The minimum absolute atomic E-state index is 0.0963. The van der Waals surface area contributed by atoms with E-state index in [1.165, 1.54) is 0 Å². The molecule has 1 atom stereocenters. The van der Waals surface area contributed by atoms with Gasteiger partial charge in [-0.05, 0) is 23.4 Å². The fourth-order valence-corrected chi connectivity index (χ4v) is 3.61. The molecular weight excluding hydrogens is 328 g/mol. The van der Waals surface area contributed by atoms with Gasteiger partial charge in [-0.2, -0.15) is 5.26 Å². The molecule has 0 bridgehead atoms. The van der Waals surface area contributed by atoms with Crippen LogP contribution in [0.3, 0.4) is 0 Å². The molecule has 26 heavy (non-hydrogen) atoms. The molecule has 0 amide bonds. The van der Waals surface area contributed by atoms with Gasteiger partial charge in [0.25, 0.3) is 0 Å². The van der Waals surface area contributed by atoms with Crippen molar-refractivity contribution >= 4 is 10.8 Å². The molecule has 4 rings (SSSR count). The van der Waals surface area contributed by atoms with Gasteiger partial charge in [0.1, 0.15) is 17.4 Å². The van der Waals surface area contributed by atoms with E-state index in [9.17, 15) is 5.26 Å². The second-order valence-corrected chi connectivity index (χ2v) is 6.10. The van der Waals surface area contributed by atoms with Crippen molar-refractivity contribution in [2.75, 3.05) is 7.11 Å².